The van der Waals surface area contributed by atoms with Crippen molar-refractivity contribution in [1.82, 2.24) is 0 Å². The summed E-state index contributed by atoms with van der Waals surface area (Å²) in [5.41, 5.74) is 11.0. The maximum atomic E-state index is 6.70. The maximum absolute atomic E-state index is 6.70. The van der Waals surface area contributed by atoms with E-state index in [0.29, 0.717) is 0 Å². The molecule has 206 valence electrons. The van der Waals surface area contributed by atoms with Gasteiger partial charge in [0.25, 0.3) is 0 Å². The number of anilines is 8. The van der Waals surface area contributed by atoms with Crippen molar-refractivity contribution in [2.24, 2.45) is 0 Å². The van der Waals surface area contributed by atoms with Crippen LogP contribution in [0.2, 0.25) is 0 Å². The van der Waals surface area contributed by atoms with Gasteiger partial charge in [-0.05, 0) is 86.0 Å². The molecule has 5 aromatic carbocycles. The van der Waals surface area contributed by atoms with Gasteiger partial charge in [-0.1, -0.05) is 74.4 Å². The van der Waals surface area contributed by atoms with E-state index < -0.39 is 0 Å². The van der Waals surface area contributed by atoms with Crippen molar-refractivity contribution >= 4 is 45.5 Å². The molecule has 0 spiro atoms. The summed E-state index contributed by atoms with van der Waals surface area (Å²) >= 11 is 0. The molecule has 3 heterocycles. The number of benzene rings is 5. The van der Waals surface area contributed by atoms with Crippen molar-refractivity contribution in [3.8, 4) is 11.5 Å². The molecule has 4 nitrogen and oxygen atoms in total. The molecule has 2 unspecified atom stereocenters. The smallest absolute Gasteiger partial charge is 0.153 e. The molecule has 0 bridgehead atoms. The summed E-state index contributed by atoms with van der Waals surface area (Å²) in [6.07, 6.45) is 4.95. The third-order valence-corrected chi connectivity index (χ3v) is 10.5. The molecule has 0 aromatic heterocycles. The second-order valence-electron chi connectivity index (χ2n) is 12.5. The Morgan fingerprint density at radius 2 is 1.29 bits per heavy atom. The molecule has 9 rings (SSSR count). The zero-order valence-electron chi connectivity index (χ0n) is 24.0. The average molecular weight is 548 g/mol. The van der Waals surface area contributed by atoms with Gasteiger partial charge >= 0.3 is 0 Å². The fraction of sp³-hybridized carbons (Fsp3) is 0.211. The van der Waals surface area contributed by atoms with Crippen LogP contribution < -0.4 is 19.4 Å². The minimum absolute atomic E-state index is 0.0183. The van der Waals surface area contributed by atoms with Gasteiger partial charge < -0.3 is 14.5 Å². The highest BCUT2D eigenvalue weighted by Crippen LogP contribution is 2.69. The molecule has 3 aliphatic heterocycles. The van der Waals surface area contributed by atoms with Gasteiger partial charge in [0.05, 0.1) is 28.3 Å². The van der Waals surface area contributed by atoms with Gasteiger partial charge in [0, 0.05) is 22.5 Å². The Labute approximate surface area is 247 Å². The normalized spacial score (nSPS) is 22.4. The van der Waals surface area contributed by atoms with E-state index in [1.54, 1.807) is 0 Å². The monoisotopic (exact) mass is 547 g/mol. The standard InChI is InChI=1S/C38H33N3O/c1-37-23-9-10-24-38(37,2)41-31-19-12-20-34-36(31)40(30-18-11-17-29(37)35(30)41)32-25-28(21-22-33(32)42-34)39(26-13-5-3-6-14-26)27-15-7-4-8-16-27/h3-8,11-22,25H,9-10,23-24H2,1-2H3. The van der Waals surface area contributed by atoms with Gasteiger partial charge in [0.1, 0.15) is 5.69 Å². The lowest BCUT2D eigenvalue weighted by atomic mass is 9.61. The average Bonchev–Trinajstić information content (AvgIpc) is 3.25. The van der Waals surface area contributed by atoms with Gasteiger partial charge in [0.15, 0.2) is 11.5 Å². The number of fused-ring (bicyclic) bond motifs is 7. The van der Waals surface area contributed by atoms with E-state index in [-0.39, 0.29) is 11.0 Å². The van der Waals surface area contributed by atoms with Crippen LogP contribution in [0.3, 0.4) is 0 Å². The summed E-state index contributed by atoms with van der Waals surface area (Å²) in [7, 11) is 0. The third kappa shape index (κ3) is 2.97. The van der Waals surface area contributed by atoms with Crippen LogP contribution >= 0.6 is 0 Å². The molecule has 0 amide bonds. The lowest BCUT2D eigenvalue weighted by molar-refractivity contribution is 0.195. The summed E-state index contributed by atoms with van der Waals surface area (Å²) in [6, 6.07) is 41.4. The summed E-state index contributed by atoms with van der Waals surface area (Å²) in [5, 5.41) is 0. The van der Waals surface area contributed by atoms with Gasteiger partial charge in [-0.3, -0.25) is 4.90 Å². The molecule has 1 aliphatic carbocycles. The number of hydrogen-bond acceptors (Lipinski definition) is 4. The van der Waals surface area contributed by atoms with Crippen molar-refractivity contribution in [3.05, 3.63) is 121 Å². The van der Waals surface area contributed by atoms with E-state index in [1.165, 1.54) is 48.3 Å². The molecule has 42 heavy (non-hydrogen) atoms. The predicted molar refractivity (Wildman–Crippen MR) is 172 cm³/mol. The Morgan fingerprint density at radius 3 is 2.05 bits per heavy atom. The second kappa shape index (κ2) is 8.42. The van der Waals surface area contributed by atoms with Crippen LogP contribution in [0.25, 0.3) is 0 Å². The summed E-state index contributed by atoms with van der Waals surface area (Å²) in [6.45, 7) is 5.01. The lowest BCUT2D eigenvalue weighted by Crippen LogP contribution is -2.55. The SMILES string of the molecule is CC12CCCCC1(C)N1c3cccc4c3N(c3cc(N(c5ccccc5)c5ccccc5)ccc3O4)c3cccc2c31. The molecular weight excluding hydrogens is 514 g/mol. The highest BCUT2D eigenvalue weighted by atomic mass is 16.5. The third-order valence-electron chi connectivity index (χ3n) is 10.5. The lowest BCUT2D eigenvalue weighted by Gasteiger charge is -2.52. The first kappa shape index (κ1) is 24.0. The molecule has 0 N–H and O–H groups in total. The Hall–Kier alpha value is -4.70. The second-order valence-corrected chi connectivity index (χ2v) is 12.5. The number of ether oxygens (including phenoxy) is 1. The van der Waals surface area contributed by atoms with Gasteiger partial charge in [-0.25, -0.2) is 0 Å². The van der Waals surface area contributed by atoms with E-state index in [1.807, 2.05) is 0 Å². The Morgan fingerprint density at radius 1 is 0.595 bits per heavy atom. The zero-order chi connectivity index (χ0) is 28.1. The molecule has 0 saturated heterocycles. The van der Waals surface area contributed by atoms with Crippen molar-refractivity contribution in [3.63, 3.8) is 0 Å². The Balaban J connectivity index is 1.29. The van der Waals surface area contributed by atoms with Crippen LogP contribution in [0, 0.1) is 0 Å². The van der Waals surface area contributed by atoms with Gasteiger partial charge in [-0.15, -0.1) is 0 Å². The van der Waals surface area contributed by atoms with E-state index in [9.17, 15) is 0 Å². The zero-order valence-corrected chi connectivity index (χ0v) is 24.0. The molecule has 1 saturated carbocycles. The van der Waals surface area contributed by atoms with Gasteiger partial charge in [0.2, 0.25) is 0 Å². The van der Waals surface area contributed by atoms with E-state index in [2.05, 4.69) is 144 Å². The van der Waals surface area contributed by atoms with Crippen LogP contribution in [0.4, 0.5) is 45.5 Å². The summed E-state index contributed by atoms with van der Waals surface area (Å²) in [4.78, 5) is 7.48. The van der Waals surface area contributed by atoms with Crippen molar-refractivity contribution in [1.29, 1.82) is 0 Å². The fourth-order valence-electron chi connectivity index (χ4n) is 8.30. The first-order chi connectivity index (χ1) is 20.6. The summed E-state index contributed by atoms with van der Waals surface area (Å²) in [5.74, 6) is 1.79. The minimum atomic E-state index is 0.0183. The first-order valence-corrected chi connectivity index (χ1v) is 15.2. The number of nitrogens with zero attached hydrogens (tertiary/aromatic N) is 3. The van der Waals surface area contributed by atoms with Crippen LogP contribution in [0.5, 0.6) is 11.5 Å². The molecule has 4 aliphatic rings. The number of para-hydroxylation sites is 4. The molecule has 0 radical (unpaired) electrons. The number of hydrogen-bond donors (Lipinski definition) is 0. The predicted octanol–water partition coefficient (Wildman–Crippen LogP) is 10.8. The molecule has 4 heteroatoms. The Kier molecular flexibility index (Phi) is 4.80. The van der Waals surface area contributed by atoms with Crippen LogP contribution in [0.15, 0.2) is 115 Å². The largest absolute Gasteiger partial charge is 0.453 e. The highest BCUT2D eigenvalue weighted by molar-refractivity contribution is 6.06. The van der Waals surface area contributed by atoms with Crippen molar-refractivity contribution in [2.45, 2.75) is 50.5 Å². The van der Waals surface area contributed by atoms with Crippen molar-refractivity contribution in [2.75, 3.05) is 14.7 Å². The van der Waals surface area contributed by atoms with Crippen LogP contribution in [-0.4, -0.2) is 5.54 Å². The topological polar surface area (TPSA) is 19.0 Å². The number of rotatable bonds is 3. The molecule has 5 aromatic rings. The van der Waals surface area contributed by atoms with E-state index >= 15 is 0 Å². The molecular formula is C38H33N3O. The van der Waals surface area contributed by atoms with Crippen molar-refractivity contribution < 1.29 is 4.74 Å². The molecule has 2 atom stereocenters. The highest BCUT2D eigenvalue weighted by Gasteiger charge is 2.60. The first-order valence-electron chi connectivity index (χ1n) is 15.2. The van der Waals surface area contributed by atoms with Gasteiger partial charge in [-0.2, -0.15) is 0 Å². The maximum Gasteiger partial charge on any atom is 0.153 e. The van der Waals surface area contributed by atoms with E-state index in [0.717, 1.165) is 39.9 Å². The summed E-state index contributed by atoms with van der Waals surface area (Å²) < 4.78 is 6.70. The van der Waals surface area contributed by atoms with Crippen LogP contribution in [0.1, 0.15) is 45.1 Å². The minimum Gasteiger partial charge on any atom is -0.453 e. The fourth-order valence-corrected chi connectivity index (χ4v) is 8.30. The quantitative estimate of drug-likeness (QED) is 0.219. The molecule has 1 fully saturated rings. The van der Waals surface area contributed by atoms with Crippen LogP contribution in [-0.2, 0) is 5.41 Å². The Bertz CT molecular complexity index is 1830. The van der Waals surface area contributed by atoms with E-state index in [4.69, 9.17) is 4.74 Å².